The molecule has 4 nitrogen and oxygen atoms in total. The van der Waals surface area contributed by atoms with E-state index in [0.717, 1.165) is 18.3 Å². The van der Waals surface area contributed by atoms with Crippen LogP contribution < -0.4 is 4.72 Å². The number of hydrogen-bond acceptors (Lipinski definition) is 3. The second kappa shape index (κ2) is 5.29. The number of benzene rings is 1. The van der Waals surface area contributed by atoms with Gasteiger partial charge < -0.3 is 0 Å². The second-order valence-corrected chi connectivity index (χ2v) is 5.74. The summed E-state index contributed by atoms with van der Waals surface area (Å²) in [5.74, 6) is -4.04. The SMILES string of the molecule is O=S(=O)(Nc1cc(F)c(F)cc1F)c1ccnc(Cl)c1. The van der Waals surface area contributed by atoms with Crippen molar-refractivity contribution >= 4 is 27.3 Å². The van der Waals surface area contributed by atoms with Gasteiger partial charge in [0, 0.05) is 18.3 Å². The molecule has 0 aliphatic carbocycles. The van der Waals surface area contributed by atoms with Crippen molar-refractivity contribution in [2.45, 2.75) is 4.90 Å². The van der Waals surface area contributed by atoms with Crippen LogP contribution in [0, 0.1) is 17.5 Å². The van der Waals surface area contributed by atoms with Crippen LogP contribution in [0.1, 0.15) is 0 Å². The van der Waals surface area contributed by atoms with E-state index in [1.54, 1.807) is 4.72 Å². The lowest BCUT2D eigenvalue weighted by molar-refractivity contribution is 0.496. The molecule has 0 spiro atoms. The molecule has 2 aromatic rings. The molecule has 0 fully saturated rings. The van der Waals surface area contributed by atoms with Crippen LogP contribution in [-0.2, 0) is 10.0 Å². The molecule has 1 aromatic heterocycles. The number of sulfonamides is 1. The molecule has 0 unspecified atom stereocenters. The third-order valence-corrected chi connectivity index (χ3v) is 3.83. The number of anilines is 1. The molecule has 0 amide bonds. The molecule has 9 heteroatoms. The Hall–Kier alpha value is -1.80. The number of rotatable bonds is 3. The summed E-state index contributed by atoms with van der Waals surface area (Å²) in [6, 6.07) is 2.80. The van der Waals surface area contributed by atoms with E-state index in [-0.39, 0.29) is 16.1 Å². The zero-order valence-electron chi connectivity index (χ0n) is 9.57. The largest absolute Gasteiger partial charge is 0.277 e. The first-order valence-corrected chi connectivity index (χ1v) is 6.94. The van der Waals surface area contributed by atoms with E-state index < -0.39 is 33.2 Å². The van der Waals surface area contributed by atoms with Gasteiger partial charge in [0.15, 0.2) is 11.6 Å². The molecule has 0 aliphatic rings. The Morgan fingerprint density at radius 1 is 1.05 bits per heavy atom. The van der Waals surface area contributed by atoms with Crippen molar-refractivity contribution in [2.75, 3.05) is 4.72 Å². The molecule has 0 radical (unpaired) electrons. The summed E-state index contributed by atoms with van der Waals surface area (Å²) in [5, 5.41) is -0.0846. The van der Waals surface area contributed by atoms with E-state index >= 15 is 0 Å². The molecule has 0 bridgehead atoms. The third-order valence-electron chi connectivity index (χ3n) is 2.26. The molecule has 0 atom stereocenters. The fourth-order valence-corrected chi connectivity index (χ4v) is 2.67. The fraction of sp³-hybridized carbons (Fsp3) is 0. The van der Waals surface area contributed by atoms with Gasteiger partial charge in [0.1, 0.15) is 11.0 Å². The maximum atomic E-state index is 13.4. The Labute approximate surface area is 117 Å². The quantitative estimate of drug-likeness (QED) is 0.698. The van der Waals surface area contributed by atoms with E-state index in [1.807, 2.05) is 0 Å². The molecule has 1 heterocycles. The monoisotopic (exact) mass is 322 g/mol. The minimum Gasteiger partial charge on any atom is -0.277 e. The summed E-state index contributed by atoms with van der Waals surface area (Å²) in [6.45, 7) is 0. The van der Waals surface area contributed by atoms with Crippen molar-refractivity contribution < 1.29 is 21.6 Å². The van der Waals surface area contributed by atoms with Gasteiger partial charge in [-0.05, 0) is 12.1 Å². The zero-order chi connectivity index (χ0) is 14.9. The van der Waals surface area contributed by atoms with Gasteiger partial charge in [-0.2, -0.15) is 0 Å². The highest BCUT2D eigenvalue weighted by Crippen LogP contribution is 2.22. The van der Waals surface area contributed by atoms with Crippen LogP contribution in [0.4, 0.5) is 18.9 Å². The molecule has 1 N–H and O–H groups in total. The van der Waals surface area contributed by atoms with E-state index in [9.17, 15) is 21.6 Å². The van der Waals surface area contributed by atoms with Crippen molar-refractivity contribution in [3.8, 4) is 0 Å². The van der Waals surface area contributed by atoms with Gasteiger partial charge in [0.25, 0.3) is 10.0 Å². The first-order valence-electron chi connectivity index (χ1n) is 5.08. The summed E-state index contributed by atoms with van der Waals surface area (Å²) in [5.41, 5.74) is -0.711. The minimum absolute atomic E-state index is 0.0846. The average Bonchev–Trinajstić information content (AvgIpc) is 2.36. The number of aromatic nitrogens is 1. The van der Waals surface area contributed by atoms with Crippen LogP contribution in [0.5, 0.6) is 0 Å². The Morgan fingerprint density at radius 3 is 2.35 bits per heavy atom. The summed E-state index contributed by atoms with van der Waals surface area (Å²) in [4.78, 5) is 3.30. The van der Waals surface area contributed by atoms with Crippen LogP contribution >= 0.6 is 11.6 Å². The van der Waals surface area contributed by atoms with E-state index in [4.69, 9.17) is 11.6 Å². The summed E-state index contributed by atoms with van der Waals surface area (Å²) < 4.78 is 64.8. The van der Waals surface area contributed by atoms with E-state index in [1.165, 1.54) is 0 Å². The molecular formula is C11H6ClF3N2O2S. The lowest BCUT2D eigenvalue weighted by Crippen LogP contribution is -2.14. The highest BCUT2D eigenvalue weighted by molar-refractivity contribution is 7.92. The highest BCUT2D eigenvalue weighted by atomic mass is 35.5. The van der Waals surface area contributed by atoms with Crippen LogP contribution in [0.2, 0.25) is 5.15 Å². The standard InChI is InChI=1S/C11H6ClF3N2O2S/c12-11-3-6(1-2-16-11)20(18,19)17-10-5-8(14)7(13)4-9(10)15/h1-5,17H. The lowest BCUT2D eigenvalue weighted by atomic mass is 10.3. The summed E-state index contributed by atoms with van der Waals surface area (Å²) >= 11 is 5.54. The predicted molar refractivity (Wildman–Crippen MR) is 66.4 cm³/mol. The Bertz CT molecular complexity index is 768. The highest BCUT2D eigenvalue weighted by Gasteiger charge is 2.18. The Balaban J connectivity index is 2.41. The van der Waals surface area contributed by atoms with E-state index in [0.29, 0.717) is 6.07 Å². The zero-order valence-corrected chi connectivity index (χ0v) is 11.1. The van der Waals surface area contributed by atoms with Crippen molar-refractivity contribution in [3.63, 3.8) is 0 Å². The topological polar surface area (TPSA) is 59.1 Å². The molecule has 106 valence electrons. The van der Waals surface area contributed by atoms with Gasteiger partial charge >= 0.3 is 0 Å². The number of hydrogen-bond donors (Lipinski definition) is 1. The van der Waals surface area contributed by atoms with Crippen LogP contribution in [0.3, 0.4) is 0 Å². The molecule has 0 saturated carbocycles. The van der Waals surface area contributed by atoms with Gasteiger partial charge in [-0.1, -0.05) is 11.6 Å². The Morgan fingerprint density at radius 2 is 1.70 bits per heavy atom. The van der Waals surface area contributed by atoms with E-state index in [2.05, 4.69) is 4.98 Å². The first kappa shape index (κ1) is 14.6. The fourth-order valence-electron chi connectivity index (χ4n) is 1.36. The van der Waals surface area contributed by atoms with Gasteiger partial charge in [-0.15, -0.1) is 0 Å². The molecular weight excluding hydrogens is 317 g/mol. The van der Waals surface area contributed by atoms with Crippen molar-refractivity contribution in [1.29, 1.82) is 0 Å². The smallest absolute Gasteiger partial charge is 0.262 e. The van der Waals surface area contributed by atoms with Crippen LogP contribution in [-0.4, -0.2) is 13.4 Å². The first-order chi connectivity index (χ1) is 9.29. The lowest BCUT2D eigenvalue weighted by Gasteiger charge is -2.09. The normalized spacial score (nSPS) is 11.4. The third kappa shape index (κ3) is 3.02. The van der Waals surface area contributed by atoms with Crippen molar-refractivity contribution in [1.82, 2.24) is 4.98 Å². The van der Waals surface area contributed by atoms with Gasteiger partial charge in [-0.3, -0.25) is 4.72 Å². The maximum absolute atomic E-state index is 13.4. The van der Waals surface area contributed by atoms with Gasteiger partial charge in [0.05, 0.1) is 10.6 Å². The average molecular weight is 323 g/mol. The molecule has 0 saturated heterocycles. The molecule has 1 aromatic carbocycles. The Kier molecular flexibility index (Phi) is 3.87. The summed E-state index contributed by atoms with van der Waals surface area (Å²) in [6.07, 6.45) is 1.14. The van der Waals surface area contributed by atoms with Crippen LogP contribution in [0.25, 0.3) is 0 Å². The predicted octanol–water partition coefficient (Wildman–Crippen LogP) is 2.95. The maximum Gasteiger partial charge on any atom is 0.262 e. The number of nitrogens with one attached hydrogen (secondary N) is 1. The number of pyridine rings is 1. The molecule has 20 heavy (non-hydrogen) atoms. The molecule has 0 aliphatic heterocycles. The summed E-state index contributed by atoms with van der Waals surface area (Å²) in [7, 11) is -4.19. The number of nitrogens with zero attached hydrogens (tertiary/aromatic N) is 1. The number of halogens is 4. The van der Waals surface area contributed by atoms with Gasteiger partial charge in [0.2, 0.25) is 0 Å². The van der Waals surface area contributed by atoms with Crippen LogP contribution in [0.15, 0.2) is 35.4 Å². The molecule has 2 rings (SSSR count). The van der Waals surface area contributed by atoms with Gasteiger partial charge in [-0.25, -0.2) is 26.6 Å². The minimum atomic E-state index is -4.19. The van der Waals surface area contributed by atoms with Crippen molar-refractivity contribution in [2.24, 2.45) is 0 Å². The second-order valence-electron chi connectivity index (χ2n) is 3.67. The van der Waals surface area contributed by atoms with Crippen molar-refractivity contribution in [3.05, 3.63) is 53.1 Å².